The number of aryl methyl sites for hydroxylation is 1. The van der Waals surface area contributed by atoms with Crippen LogP contribution in [0.15, 0.2) is 36.5 Å². The minimum atomic E-state index is -0.172. The van der Waals surface area contributed by atoms with Crippen molar-refractivity contribution in [3.8, 4) is 0 Å². The van der Waals surface area contributed by atoms with Crippen molar-refractivity contribution < 1.29 is 14.2 Å². The molecule has 4 rings (SSSR count). The van der Waals surface area contributed by atoms with Gasteiger partial charge in [-0.15, -0.1) is 0 Å². The van der Waals surface area contributed by atoms with Gasteiger partial charge in [0.05, 0.1) is 12.2 Å². The second-order valence-electron chi connectivity index (χ2n) is 8.47. The van der Waals surface area contributed by atoms with E-state index >= 15 is 0 Å². The molecular formula is C26H38FN3O2. The molecule has 1 N–H and O–H groups in total. The van der Waals surface area contributed by atoms with Gasteiger partial charge in [-0.2, -0.15) is 0 Å². The smallest absolute Gasteiger partial charge is 0.130 e. The van der Waals surface area contributed by atoms with Crippen molar-refractivity contribution in [2.75, 3.05) is 44.3 Å². The van der Waals surface area contributed by atoms with E-state index in [0.29, 0.717) is 24.1 Å². The van der Waals surface area contributed by atoms with Crippen LogP contribution in [0, 0.1) is 5.82 Å². The van der Waals surface area contributed by atoms with Crippen molar-refractivity contribution in [2.24, 2.45) is 0 Å². The summed E-state index contributed by atoms with van der Waals surface area (Å²) in [6.45, 7) is 11.0. The van der Waals surface area contributed by atoms with Crippen LogP contribution in [0.4, 0.5) is 10.2 Å². The Morgan fingerprint density at radius 3 is 2.59 bits per heavy atom. The Kier molecular flexibility index (Phi) is 9.02. The van der Waals surface area contributed by atoms with Crippen LogP contribution in [0.3, 0.4) is 0 Å². The van der Waals surface area contributed by atoms with Crippen LogP contribution in [-0.2, 0) is 24.1 Å². The molecule has 2 aliphatic rings. The average Bonchev–Trinajstić information content (AvgIpc) is 2.85. The van der Waals surface area contributed by atoms with E-state index in [1.807, 2.05) is 32.2 Å². The fourth-order valence-corrected chi connectivity index (χ4v) is 4.62. The number of halogens is 1. The summed E-state index contributed by atoms with van der Waals surface area (Å²) in [6.07, 6.45) is 5.15. The molecule has 3 heterocycles. The fraction of sp³-hybridized carbons (Fsp3) is 0.577. The molecule has 2 aliphatic heterocycles. The highest BCUT2D eigenvalue weighted by atomic mass is 19.1. The number of pyridine rings is 1. The minimum absolute atomic E-state index is 0.0313. The Bertz CT molecular complexity index is 853. The number of hydrogen-bond acceptors (Lipinski definition) is 5. The van der Waals surface area contributed by atoms with Crippen molar-refractivity contribution in [1.82, 2.24) is 9.88 Å². The van der Waals surface area contributed by atoms with E-state index in [4.69, 9.17) is 9.84 Å². The van der Waals surface area contributed by atoms with Gasteiger partial charge in [-0.1, -0.05) is 39.0 Å². The van der Waals surface area contributed by atoms with Crippen LogP contribution in [0.5, 0.6) is 0 Å². The number of piperidine rings is 1. The lowest BCUT2D eigenvalue weighted by atomic mass is 9.89. The number of benzene rings is 1. The van der Waals surface area contributed by atoms with Gasteiger partial charge in [0.15, 0.2) is 0 Å². The van der Waals surface area contributed by atoms with Gasteiger partial charge < -0.3 is 14.7 Å². The molecule has 0 unspecified atom stereocenters. The third-order valence-electron chi connectivity index (χ3n) is 6.49. The Labute approximate surface area is 192 Å². The summed E-state index contributed by atoms with van der Waals surface area (Å²) in [7, 11) is 0. The van der Waals surface area contributed by atoms with Gasteiger partial charge in [0, 0.05) is 51.1 Å². The van der Waals surface area contributed by atoms with Gasteiger partial charge in [-0.3, -0.25) is 4.90 Å². The quantitative estimate of drug-likeness (QED) is 0.725. The molecule has 2 saturated heterocycles. The lowest BCUT2D eigenvalue weighted by Crippen LogP contribution is -2.57. The first-order valence-corrected chi connectivity index (χ1v) is 12.1. The first kappa shape index (κ1) is 24.6. The van der Waals surface area contributed by atoms with Crippen LogP contribution in [0.1, 0.15) is 50.3 Å². The number of hydrogen-bond donors (Lipinski definition) is 1. The number of nitrogens with zero attached hydrogens (tertiary/aromatic N) is 3. The van der Waals surface area contributed by atoms with E-state index in [-0.39, 0.29) is 18.0 Å². The third-order valence-corrected chi connectivity index (χ3v) is 6.49. The number of anilines is 1. The number of aliphatic hydroxyl groups excluding tert-OH is 1. The first-order valence-electron chi connectivity index (χ1n) is 12.1. The maximum Gasteiger partial charge on any atom is 0.130 e. The molecule has 32 heavy (non-hydrogen) atoms. The SMILES string of the molecule is CC.CCc1ccnc(N2CCOC3(CCN(Cc4cccc(CCO)c4F)CC3)C2)c1. The van der Waals surface area contributed by atoms with Gasteiger partial charge >= 0.3 is 0 Å². The molecule has 1 aromatic heterocycles. The van der Waals surface area contributed by atoms with E-state index in [1.165, 1.54) is 5.56 Å². The molecule has 0 atom stereocenters. The molecule has 2 fully saturated rings. The number of rotatable bonds is 6. The van der Waals surface area contributed by atoms with Crippen LogP contribution >= 0.6 is 0 Å². The standard InChI is InChI=1S/C24H32FN3O2.C2H6/c1-2-19-6-10-26-22(16-19)28-13-15-30-24(18-28)8-11-27(12-9-24)17-21-5-3-4-20(7-14-29)23(21)25;1-2/h3-6,10,16,29H,2,7-9,11-15,17-18H2,1H3;1-2H3. The summed E-state index contributed by atoms with van der Waals surface area (Å²) in [5.41, 5.74) is 2.47. The van der Waals surface area contributed by atoms with Crippen molar-refractivity contribution in [1.29, 1.82) is 0 Å². The lowest BCUT2D eigenvalue weighted by molar-refractivity contribution is -0.0923. The highest BCUT2D eigenvalue weighted by Crippen LogP contribution is 2.32. The summed E-state index contributed by atoms with van der Waals surface area (Å²) < 4.78 is 21.0. The Morgan fingerprint density at radius 2 is 1.88 bits per heavy atom. The zero-order valence-corrected chi connectivity index (χ0v) is 19.8. The van der Waals surface area contributed by atoms with Crippen LogP contribution in [0.25, 0.3) is 0 Å². The molecule has 1 spiro atoms. The number of ether oxygens (including phenoxy) is 1. The van der Waals surface area contributed by atoms with E-state index < -0.39 is 0 Å². The normalized spacial score (nSPS) is 18.3. The summed E-state index contributed by atoms with van der Waals surface area (Å²) in [6, 6.07) is 9.76. The molecule has 0 aliphatic carbocycles. The zero-order valence-electron chi connectivity index (χ0n) is 19.8. The molecule has 0 bridgehead atoms. The molecule has 176 valence electrons. The fourth-order valence-electron chi connectivity index (χ4n) is 4.62. The lowest BCUT2D eigenvalue weighted by Gasteiger charge is -2.47. The predicted molar refractivity (Wildman–Crippen MR) is 128 cm³/mol. The van der Waals surface area contributed by atoms with Gasteiger partial charge in [0.1, 0.15) is 11.6 Å². The van der Waals surface area contributed by atoms with Crippen molar-refractivity contribution in [3.63, 3.8) is 0 Å². The van der Waals surface area contributed by atoms with Crippen molar-refractivity contribution in [2.45, 2.75) is 58.6 Å². The molecule has 5 nitrogen and oxygen atoms in total. The number of aromatic nitrogens is 1. The van der Waals surface area contributed by atoms with Crippen molar-refractivity contribution >= 4 is 5.82 Å². The van der Waals surface area contributed by atoms with E-state index in [2.05, 4.69) is 33.8 Å². The van der Waals surface area contributed by atoms with E-state index in [0.717, 1.165) is 57.9 Å². The van der Waals surface area contributed by atoms with Gasteiger partial charge in [-0.25, -0.2) is 9.37 Å². The van der Waals surface area contributed by atoms with Crippen LogP contribution < -0.4 is 4.90 Å². The largest absolute Gasteiger partial charge is 0.396 e. The monoisotopic (exact) mass is 443 g/mol. The summed E-state index contributed by atoms with van der Waals surface area (Å²) >= 11 is 0. The first-order chi connectivity index (χ1) is 15.6. The molecule has 0 radical (unpaired) electrons. The van der Waals surface area contributed by atoms with Gasteiger partial charge in [0.25, 0.3) is 0 Å². The third kappa shape index (κ3) is 5.85. The second-order valence-corrected chi connectivity index (χ2v) is 8.47. The van der Waals surface area contributed by atoms with Gasteiger partial charge in [-0.05, 0) is 48.9 Å². The predicted octanol–water partition coefficient (Wildman–Crippen LogP) is 4.22. The van der Waals surface area contributed by atoms with E-state index in [9.17, 15) is 4.39 Å². The Balaban J connectivity index is 0.00000141. The van der Waals surface area contributed by atoms with E-state index in [1.54, 1.807) is 6.07 Å². The Hall–Kier alpha value is -2.02. The second kappa shape index (κ2) is 11.7. The van der Waals surface area contributed by atoms with Crippen molar-refractivity contribution in [3.05, 3.63) is 59.0 Å². The topological polar surface area (TPSA) is 48.8 Å². The summed E-state index contributed by atoms with van der Waals surface area (Å²) in [4.78, 5) is 9.26. The minimum Gasteiger partial charge on any atom is -0.396 e. The maximum atomic E-state index is 14.7. The highest BCUT2D eigenvalue weighted by Gasteiger charge is 2.40. The summed E-state index contributed by atoms with van der Waals surface area (Å²) in [5.74, 6) is 0.871. The molecule has 0 amide bonds. The molecule has 0 saturated carbocycles. The highest BCUT2D eigenvalue weighted by molar-refractivity contribution is 5.42. The van der Waals surface area contributed by atoms with Gasteiger partial charge in [0.2, 0.25) is 0 Å². The molecule has 2 aromatic rings. The Morgan fingerprint density at radius 1 is 1.12 bits per heavy atom. The molecular weight excluding hydrogens is 405 g/mol. The van der Waals surface area contributed by atoms with Crippen LogP contribution in [0.2, 0.25) is 0 Å². The van der Waals surface area contributed by atoms with Crippen LogP contribution in [-0.4, -0.2) is 60.0 Å². The zero-order chi connectivity index (χ0) is 23.0. The number of morpholine rings is 1. The molecule has 6 heteroatoms. The summed E-state index contributed by atoms with van der Waals surface area (Å²) in [5, 5.41) is 9.13. The molecule has 1 aromatic carbocycles. The maximum absolute atomic E-state index is 14.7. The number of likely N-dealkylation sites (tertiary alicyclic amines) is 1. The number of aliphatic hydroxyl groups is 1. The average molecular weight is 444 g/mol.